The number of nitrogens with zero attached hydrogens (tertiary/aromatic N) is 4. The first-order chi connectivity index (χ1) is 8.26. The molecule has 0 aliphatic carbocycles. The Kier molecular flexibility index (Phi) is 3.27. The first-order valence-corrected chi connectivity index (χ1v) is 5.75. The van der Waals surface area contributed by atoms with Gasteiger partial charge in [0.2, 0.25) is 0 Å². The third-order valence-corrected chi connectivity index (χ3v) is 2.83. The number of benzene rings is 1. The van der Waals surface area contributed by atoms with E-state index in [-0.39, 0.29) is 0 Å². The molecule has 0 spiro atoms. The van der Waals surface area contributed by atoms with E-state index in [4.69, 9.17) is 5.73 Å². The van der Waals surface area contributed by atoms with Crippen LogP contribution in [0.25, 0.3) is 5.69 Å². The van der Waals surface area contributed by atoms with Crippen LogP contribution >= 0.6 is 0 Å². The molecule has 2 rings (SSSR count). The normalized spacial score (nSPS) is 10.5. The Morgan fingerprint density at radius 3 is 2.35 bits per heavy atom. The summed E-state index contributed by atoms with van der Waals surface area (Å²) in [6.07, 6.45) is 3.32. The molecule has 17 heavy (non-hydrogen) atoms. The van der Waals surface area contributed by atoms with E-state index in [1.807, 2.05) is 22.8 Å². The Labute approximate surface area is 101 Å². The van der Waals surface area contributed by atoms with Gasteiger partial charge < -0.3 is 10.6 Å². The van der Waals surface area contributed by atoms with E-state index >= 15 is 0 Å². The fraction of sp³-hybridized carbons (Fsp3) is 0.333. The number of rotatable bonds is 4. The molecule has 5 nitrogen and oxygen atoms in total. The van der Waals surface area contributed by atoms with E-state index < -0.39 is 0 Å². The lowest BCUT2D eigenvalue weighted by molar-refractivity contribution is 0.867. The highest BCUT2D eigenvalue weighted by atomic mass is 15.2. The Balaban J connectivity index is 2.35. The van der Waals surface area contributed by atoms with Gasteiger partial charge >= 0.3 is 0 Å². The van der Waals surface area contributed by atoms with Crippen molar-refractivity contribution in [3.63, 3.8) is 0 Å². The van der Waals surface area contributed by atoms with Crippen molar-refractivity contribution < 1.29 is 0 Å². The van der Waals surface area contributed by atoms with E-state index in [1.54, 1.807) is 12.7 Å². The van der Waals surface area contributed by atoms with Crippen LogP contribution < -0.4 is 10.6 Å². The average molecular weight is 231 g/mol. The second kappa shape index (κ2) is 4.86. The second-order valence-corrected chi connectivity index (χ2v) is 3.78. The Morgan fingerprint density at radius 2 is 1.82 bits per heavy atom. The van der Waals surface area contributed by atoms with Crippen LogP contribution in [0, 0.1) is 0 Å². The smallest absolute Gasteiger partial charge is 0.123 e. The predicted octanol–water partition coefficient (Wildman–Crippen LogP) is 1.70. The second-order valence-electron chi connectivity index (χ2n) is 3.78. The molecule has 90 valence electrons. The first kappa shape index (κ1) is 11.4. The molecule has 1 aromatic heterocycles. The van der Waals surface area contributed by atoms with Crippen LogP contribution in [0.2, 0.25) is 0 Å². The lowest BCUT2D eigenvalue weighted by atomic mass is 10.2. The molecule has 0 aliphatic heterocycles. The minimum Gasteiger partial charge on any atom is -0.397 e. The van der Waals surface area contributed by atoms with E-state index in [0.717, 1.165) is 30.2 Å². The van der Waals surface area contributed by atoms with E-state index in [9.17, 15) is 0 Å². The van der Waals surface area contributed by atoms with Gasteiger partial charge in [-0.15, -0.1) is 10.2 Å². The minimum atomic E-state index is 0.778. The van der Waals surface area contributed by atoms with Gasteiger partial charge in [0.25, 0.3) is 0 Å². The fourth-order valence-electron chi connectivity index (χ4n) is 1.89. The van der Waals surface area contributed by atoms with Crippen molar-refractivity contribution in [2.75, 3.05) is 23.7 Å². The Hall–Kier alpha value is -2.04. The SMILES string of the molecule is CCN(CC)c1ccc(-n2cnnc2)cc1N. The van der Waals surface area contributed by atoms with Crippen molar-refractivity contribution in [1.82, 2.24) is 14.8 Å². The van der Waals surface area contributed by atoms with Crippen molar-refractivity contribution in [3.05, 3.63) is 30.9 Å². The Bertz CT molecular complexity index is 474. The van der Waals surface area contributed by atoms with Gasteiger partial charge in [-0.3, -0.25) is 4.57 Å². The van der Waals surface area contributed by atoms with Crippen LogP contribution in [0.15, 0.2) is 30.9 Å². The third kappa shape index (κ3) is 2.22. The van der Waals surface area contributed by atoms with Crippen LogP contribution in [0.4, 0.5) is 11.4 Å². The summed E-state index contributed by atoms with van der Waals surface area (Å²) in [5.74, 6) is 0. The number of anilines is 2. The number of aromatic nitrogens is 3. The van der Waals surface area contributed by atoms with Gasteiger partial charge in [0.05, 0.1) is 17.1 Å². The van der Waals surface area contributed by atoms with Crippen molar-refractivity contribution in [2.45, 2.75) is 13.8 Å². The summed E-state index contributed by atoms with van der Waals surface area (Å²) >= 11 is 0. The van der Waals surface area contributed by atoms with Crippen LogP contribution in [-0.4, -0.2) is 27.9 Å². The molecule has 0 saturated carbocycles. The molecule has 0 amide bonds. The molecule has 1 heterocycles. The summed E-state index contributed by atoms with van der Waals surface area (Å²) in [5.41, 5.74) is 8.91. The van der Waals surface area contributed by atoms with Crippen molar-refractivity contribution in [3.8, 4) is 5.69 Å². The molecule has 1 aromatic carbocycles. The molecule has 5 heteroatoms. The lowest BCUT2D eigenvalue weighted by Gasteiger charge is -2.23. The largest absolute Gasteiger partial charge is 0.397 e. The van der Waals surface area contributed by atoms with Gasteiger partial charge in [0, 0.05) is 13.1 Å². The van der Waals surface area contributed by atoms with Gasteiger partial charge in [-0.2, -0.15) is 0 Å². The summed E-state index contributed by atoms with van der Waals surface area (Å²) < 4.78 is 1.84. The highest BCUT2D eigenvalue weighted by molar-refractivity contribution is 5.70. The quantitative estimate of drug-likeness (QED) is 0.813. The number of hydrogen-bond donors (Lipinski definition) is 1. The van der Waals surface area contributed by atoms with Gasteiger partial charge in [-0.25, -0.2) is 0 Å². The molecule has 0 radical (unpaired) electrons. The maximum absolute atomic E-state index is 6.08. The van der Waals surface area contributed by atoms with Crippen LogP contribution in [0.5, 0.6) is 0 Å². The van der Waals surface area contributed by atoms with Crippen LogP contribution in [0.1, 0.15) is 13.8 Å². The first-order valence-electron chi connectivity index (χ1n) is 5.75. The van der Waals surface area contributed by atoms with Crippen molar-refractivity contribution >= 4 is 11.4 Å². The molecule has 2 aromatic rings. The molecule has 0 unspecified atom stereocenters. The van der Waals surface area contributed by atoms with Gasteiger partial charge in [-0.05, 0) is 32.0 Å². The molecule has 0 saturated heterocycles. The number of nitrogen functional groups attached to an aromatic ring is 1. The predicted molar refractivity (Wildman–Crippen MR) is 69.3 cm³/mol. The average Bonchev–Trinajstić information content (AvgIpc) is 2.86. The van der Waals surface area contributed by atoms with Gasteiger partial charge in [0.15, 0.2) is 0 Å². The summed E-state index contributed by atoms with van der Waals surface area (Å²) in [4.78, 5) is 2.23. The maximum atomic E-state index is 6.08. The van der Waals surface area contributed by atoms with Crippen molar-refractivity contribution in [2.24, 2.45) is 0 Å². The van der Waals surface area contributed by atoms with Gasteiger partial charge in [-0.1, -0.05) is 0 Å². The van der Waals surface area contributed by atoms with Crippen LogP contribution in [0.3, 0.4) is 0 Å². The standard InChI is InChI=1S/C12H17N5/c1-3-16(4-2)12-6-5-10(7-11(12)13)17-8-14-15-9-17/h5-9H,3-4,13H2,1-2H3. The minimum absolute atomic E-state index is 0.778. The zero-order valence-electron chi connectivity index (χ0n) is 10.2. The molecule has 2 N–H and O–H groups in total. The third-order valence-electron chi connectivity index (χ3n) is 2.83. The highest BCUT2D eigenvalue weighted by Gasteiger charge is 2.07. The topological polar surface area (TPSA) is 60.0 Å². The summed E-state index contributed by atoms with van der Waals surface area (Å²) in [5, 5.41) is 7.56. The van der Waals surface area contributed by atoms with Crippen LogP contribution in [-0.2, 0) is 0 Å². The zero-order valence-corrected chi connectivity index (χ0v) is 10.2. The highest BCUT2D eigenvalue weighted by Crippen LogP contribution is 2.25. The number of hydrogen-bond acceptors (Lipinski definition) is 4. The molecule has 0 bridgehead atoms. The molecule has 0 atom stereocenters. The zero-order chi connectivity index (χ0) is 12.3. The summed E-state index contributed by atoms with van der Waals surface area (Å²) in [6, 6.07) is 6.00. The lowest BCUT2D eigenvalue weighted by Crippen LogP contribution is -2.22. The summed E-state index contributed by atoms with van der Waals surface area (Å²) in [6.45, 7) is 6.15. The molecule has 0 fully saturated rings. The molecular weight excluding hydrogens is 214 g/mol. The maximum Gasteiger partial charge on any atom is 0.123 e. The van der Waals surface area contributed by atoms with Crippen molar-refractivity contribution in [1.29, 1.82) is 0 Å². The van der Waals surface area contributed by atoms with E-state index in [0.29, 0.717) is 0 Å². The summed E-state index contributed by atoms with van der Waals surface area (Å²) in [7, 11) is 0. The number of nitrogens with two attached hydrogens (primary N) is 1. The fourth-order valence-corrected chi connectivity index (χ4v) is 1.89. The van der Waals surface area contributed by atoms with E-state index in [1.165, 1.54) is 0 Å². The molecular formula is C12H17N5. The van der Waals surface area contributed by atoms with E-state index in [2.05, 4.69) is 28.9 Å². The van der Waals surface area contributed by atoms with Gasteiger partial charge in [0.1, 0.15) is 12.7 Å². The monoisotopic (exact) mass is 231 g/mol. The molecule has 0 aliphatic rings. The Morgan fingerprint density at radius 1 is 1.18 bits per heavy atom.